The van der Waals surface area contributed by atoms with Crippen LogP contribution < -0.4 is 5.32 Å². The first-order valence-corrected chi connectivity index (χ1v) is 9.49. The zero-order valence-corrected chi connectivity index (χ0v) is 15.7. The maximum atomic E-state index is 12.3. The number of halogens is 1. The molecule has 1 heterocycles. The monoisotopic (exact) mass is 377 g/mol. The van der Waals surface area contributed by atoms with Crippen molar-refractivity contribution in [3.63, 3.8) is 0 Å². The molecule has 0 radical (unpaired) electrons. The van der Waals surface area contributed by atoms with Crippen molar-refractivity contribution in [3.8, 4) is 0 Å². The molecule has 0 saturated carbocycles. The van der Waals surface area contributed by atoms with Gasteiger partial charge in [0.15, 0.2) is 0 Å². The highest BCUT2D eigenvalue weighted by Crippen LogP contribution is 2.42. The second-order valence-electron chi connectivity index (χ2n) is 6.16. The fourth-order valence-electron chi connectivity index (χ4n) is 3.21. The lowest BCUT2D eigenvalue weighted by molar-refractivity contribution is -0.115. The van der Waals surface area contributed by atoms with E-state index in [-0.39, 0.29) is 5.91 Å². The van der Waals surface area contributed by atoms with Crippen molar-refractivity contribution in [2.75, 3.05) is 12.4 Å². The molecule has 25 heavy (non-hydrogen) atoms. The number of hydrogen-bond donors (Lipinski definition) is 1. The minimum Gasteiger partial charge on any atom is -0.465 e. The van der Waals surface area contributed by atoms with Crippen LogP contribution >= 0.6 is 22.9 Å². The van der Waals surface area contributed by atoms with Gasteiger partial charge in [0.1, 0.15) is 10.4 Å². The zero-order valence-electron chi connectivity index (χ0n) is 14.2. The van der Waals surface area contributed by atoms with E-state index in [4.69, 9.17) is 16.3 Å². The molecule has 1 N–H and O–H groups in total. The van der Waals surface area contributed by atoms with Crippen molar-refractivity contribution in [2.45, 2.75) is 37.5 Å². The standard InChI is InChI=1S/C19H20ClNO3S/c1-11(20)17(22)21-18-16(19(23)24-2)14-9-8-13(10-15(14)25-18)12-6-4-3-5-7-12/h3-7,11,13H,8-10H2,1-2H3,(H,21,22)/t11-,13+/m0/s1. The van der Waals surface area contributed by atoms with E-state index < -0.39 is 11.3 Å². The van der Waals surface area contributed by atoms with E-state index in [1.807, 2.05) is 18.2 Å². The fraction of sp³-hybridized carbons (Fsp3) is 0.368. The van der Waals surface area contributed by atoms with E-state index in [1.54, 1.807) is 6.92 Å². The Hall–Kier alpha value is -1.85. The Bertz CT molecular complexity index is 785. The molecule has 2 atom stereocenters. The topological polar surface area (TPSA) is 55.4 Å². The van der Waals surface area contributed by atoms with Gasteiger partial charge >= 0.3 is 5.97 Å². The van der Waals surface area contributed by atoms with Gasteiger partial charge in [-0.15, -0.1) is 22.9 Å². The number of methoxy groups -OCH3 is 1. The van der Waals surface area contributed by atoms with Crippen molar-refractivity contribution in [1.82, 2.24) is 0 Å². The summed E-state index contributed by atoms with van der Waals surface area (Å²) >= 11 is 7.31. The molecule has 2 aromatic rings. The largest absolute Gasteiger partial charge is 0.465 e. The van der Waals surface area contributed by atoms with Crippen LogP contribution in [0.3, 0.4) is 0 Å². The first-order valence-electron chi connectivity index (χ1n) is 8.24. The molecule has 0 aliphatic heterocycles. The summed E-state index contributed by atoms with van der Waals surface area (Å²) in [6, 6.07) is 10.4. The molecule has 6 heteroatoms. The van der Waals surface area contributed by atoms with Gasteiger partial charge in [-0.25, -0.2) is 4.79 Å². The number of carbonyl (C=O) groups is 2. The fourth-order valence-corrected chi connectivity index (χ4v) is 4.59. The minimum atomic E-state index is -0.665. The van der Waals surface area contributed by atoms with Gasteiger partial charge in [-0.2, -0.15) is 0 Å². The molecule has 1 aromatic heterocycles. The Balaban J connectivity index is 1.93. The predicted molar refractivity (Wildman–Crippen MR) is 101 cm³/mol. The lowest BCUT2D eigenvalue weighted by Crippen LogP contribution is -2.21. The molecule has 1 aromatic carbocycles. The van der Waals surface area contributed by atoms with Gasteiger partial charge in [0, 0.05) is 4.88 Å². The van der Waals surface area contributed by atoms with Gasteiger partial charge in [0.05, 0.1) is 12.7 Å². The van der Waals surface area contributed by atoms with E-state index in [0.29, 0.717) is 16.5 Å². The van der Waals surface area contributed by atoms with Crippen molar-refractivity contribution >= 4 is 39.8 Å². The van der Waals surface area contributed by atoms with Crippen LogP contribution in [0.15, 0.2) is 30.3 Å². The second kappa shape index (κ2) is 7.58. The van der Waals surface area contributed by atoms with Gasteiger partial charge in [0.2, 0.25) is 5.91 Å². The molecular weight excluding hydrogens is 358 g/mol. The number of rotatable bonds is 4. The Morgan fingerprint density at radius 2 is 2.04 bits per heavy atom. The lowest BCUT2D eigenvalue weighted by Gasteiger charge is -2.22. The number of benzene rings is 1. The summed E-state index contributed by atoms with van der Waals surface area (Å²) < 4.78 is 4.94. The molecular formula is C19H20ClNO3S. The van der Waals surface area contributed by atoms with Crippen LogP contribution in [0.2, 0.25) is 0 Å². The van der Waals surface area contributed by atoms with Crippen molar-refractivity contribution < 1.29 is 14.3 Å². The quantitative estimate of drug-likeness (QED) is 0.635. The van der Waals surface area contributed by atoms with Crippen LogP contribution in [0.4, 0.5) is 5.00 Å². The normalized spacial score (nSPS) is 17.5. The lowest BCUT2D eigenvalue weighted by atomic mass is 9.83. The van der Waals surface area contributed by atoms with Crippen molar-refractivity contribution in [2.24, 2.45) is 0 Å². The van der Waals surface area contributed by atoms with Crippen LogP contribution in [-0.4, -0.2) is 24.4 Å². The molecule has 4 nitrogen and oxygen atoms in total. The molecule has 0 bridgehead atoms. The number of hydrogen-bond acceptors (Lipinski definition) is 4. The number of amides is 1. The highest BCUT2D eigenvalue weighted by Gasteiger charge is 2.30. The maximum absolute atomic E-state index is 12.3. The molecule has 0 fully saturated rings. The number of fused-ring (bicyclic) bond motifs is 1. The SMILES string of the molecule is COC(=O)c1c(NC(=O)[C@H](C)Cl)sc2c1CC[C@@H](c1ccccc1)C2. The van der Waals surface area contributed by atoms with Gasteiger partial charge in [-0.1, -0.05) is 30.3 Å². The second-order valence-corrected chi connectivity index (χ2v) is 7.91. The number of carbonyl (C=O) groups excluding carboxylic acids is 2. The summed E-state index contributed by atoms with van der Waals surface area (Å²) in [4.78, 5) is 25.4. The third-order valence-electron chi connectivity index (χ3n) is 4.52. The average molecular weight is 378 g/mol. The first-order chi connectivity index (χ1) is 12.0. The number of nitrogens with one attached hydrogen (secondary N) is 1. The van der Waals surface area contributed by atoms with Crippen molar-refractivity contribution in [1.29, 1.82) is 0 Å². The van der Waals surface area contributed by atoms with E-state index in [2.05, 4.69) is 17.4 Å². The van der Waals surface area contributed by atoms with Crippen LogP contribution in [-0.2, 0) is 22.4 Å². The summed E-state index contributed by atoms with van der Waals surface area (Å²) in [6.45, 7) is 1.60. The molecule has 1 aliphatic carbocycles. The van der Waals surface area contributed by atoms with Crippen LogP contribution in [0.25, 0.3) is 0 Å². The predicted octanol–water partition coefficient (Wildman–Crippen LogP) is 4.37. The summed E-state index contributed by atoms with van der Waals surface area (Å²) in [5.74, 6) is -0.299. The van der Waals surface area contributed by atoms with Gasteiger partial charge in [-0.3, -0.25) is 4.79 Å². The van der Waals surface area contributed by atoms with Gasteiger partial charge in [-0.05, 0) is 43.2 Å². The first kappa shape index (κ1) is 18.0. The molecule has 3 rings (SSSR count). The van der Waals surface area contributed by atoms with Crippen LogP contribution in [0.5, 0.6) is 0 Å². The number of thiophene rings is 1. The Morgan fingerprint density at radius 3 is 2.68 bits per heavy atom. The zero-order chi connectivity index (χ0) is 18.0. The highest BCUT2D eigenvalue weighted by molar-refractivity contribution is 7.17. The smallest absolute Gasteiger partial charge is 0.341 e. The van der Waals surface area contributed by atoms with Gasteiger partial charge in [0.25, 0.3) is 0 Å². The van der Waals surface area contributed by atoms with E-state index >= 15 is 0 Å². The summed E-state index contributed by atoms with van der Waals surface area (Å²) in [6.07, 6.45) is 2.62. The maximum Gasteiger partial charge on any atom is 0.341 e. The molecule has 0 unspecified atom stereocenters. The third kappa shape index (κ3) is 3.72. The van der Waals surface area contributed by atoms with Crippen molar-refractivity contribution in [3.05, 3.63) is 51.9 Å². The molecule has 0 saturated heterocycles. The number of ether oxygens (including phenoxy) is 1. The average Bonchev–Trinajstić information content (AvgIpc) is 2.98. The van der Waals surface area contributed by atoms with E-state index in [0.717, 1.165) is 29.7 Å². The van der Waals surface area contributed by atoms with Crippen LogP contribution in [0.1, 0.15) is 45.6 Å². The number of esters is 1. The van der Waals surface area contributed by atoms with E-state index in [9.17, 15) is 9.59 Å². The van der Waals surface area contributed by atoms with E-state index in [1.165, 1.54) is 24.0 Å². The van der Waals surface area contributed by atoms with Gasteiger partial charge < -0.3 is 10.1 Å². The Kier molecular flexibility index (Phi) is 5.45. The summed E-state index contributed by atoms with van der Waals surface area (Å²) in [5, 5.41) is 2.66. The molecule has 0 spiro atoms. The van der Waals surface area contributed by atoms with Crippen LogP contribution in [0, 0.1) is 0 Å². The number of anilines is 1. The molecule has 132 valence electrons. The molecule has 1 amide bonds. The third-order valence-corrected chi connectivity index (χ3v) is 5.89. The molecule has 1 aliphatic rings. The Labute approximate surface area is 156 Å². The highest BCUT2D eigenvalue weighted by atomic mass is 35.5. The summed E-state index contributed by atoms with van der Waals surface area (Å²) in [7, 11) is 1.36. The Morgan fingerprint density at radius 1 is 1.32 bits per heavy atom. The summed E-state index contributed by atoms with van der Waals surface area (Å²) in [5.41, 5.74) is 2.79. The number of alkyl halides is 1. The minimum absolute atomic E-state index is 0.315.